The molecule has 0 radical (unpaired) electrons. The van der Waals surface area contributed by atoms with Crippen molar-refractivity contribution in [2.75, 3.05) is 23.7 Å². The van der Waals surface area contributed by atoms with Crippen LogP contribution in [0.4, 0.5) is 5.69 Å². The van der Waals surface area contributed by atoms with Crippen molar-refractivity contribution < 1.29 is 22.7 Å². The summed E-state index contributed by atoms with van der Waals surface area (Å²) in [4.78, 5) is 29.7. The van der Waals surface area contributed by atoms with Crippen LogP contribution in [0.25, 0.3) is 0 Å². The number of benzene rings is 3. The van der Waals surface area contributed by atoms with Gasteiger partial charge < -0.3 is 15.0 Å². The lowest BCUT2D eigenvalue weighted by Gasteiger charge is -2.34. The van der Waals surface area contributed by atoms with Gasteiger partial charge in [0.05, 0.1) is 28.6 Å². The minimum atomic E-state index is -3.93. The molecular formula is C32H37Cl2N3O5S. The van der Waals surface area contributed by atoms with Crippen LogP contribution in [0.3, 0.4) is 0 Å². The first-order valence-corrected chi connectivity index (χ1v) is 16.9. The third-order valence-corrected chi connectivity index (χ3v) is 9.29. The average molecular weight is 647 g/mol. The lowest BCUT2D eigenvalue weighted by Crippen LogP contribution is -2.54. The highest BCUT2D eigenvalue weighted by Crippen LogP contribution is 2.31. The van der Waals surface area contributed by atoms with Crippen LogP contribution in [0.2, 0.25) is 10.0 Å². The monoisotopic (exact) mass is 645 g/mol. The molecule has 4 rings (SSSR count). The molecule has 2 amide bonds. The van der Waals surface area contributed by atoms with E-state index in [1.807, 2.05) is 30.3 Å². The van der Waals surface area contributed by atoms with Gasteiger partial charge in [0.25, 0.3) is 0 Å². The Hall–Kier alpha value is -3.27. The molecule has 0 aliphatic heterocycles. The summed E-state index contributed by atoms with van der Waals surface area (Å²) in [5, 5.41) is 3.82. The van der Waals surface area contributed by atoms with E-state index in [4.69, 9.17) is 27.9 Å². The SMILES string of the molecule is CCOc1ccccc1N(CC(=O)N(Cc1ccc(Cl)c(Cl)c1)C(Cc1ccccc1)C(=O)NC1CCCC1)S(C)(=O)=O. The topological polar surface area (TPSA) is 96.0 Å². The first kappa shape index (κ1) is 32.6. The Bertz CT molecular complexity index is 1510. The van der Waals surface area contributed by atoms with E-state index < -0.39 is 28.5 Å². The number of nitrogens with one attached hydrogen (secondary N) is 1. The summed E-state index contributed by atoms with van der Waals surface area (Å²) in [5.74, 6) is -0.505. The predicted octanol–water partition coefficient (Wildman–Crippen LogP) is 5.86. The van der Waals surface area contributed by atoms with E-state index in [2.05, 4.69) is 5.32 Å². The second-order valence-electron chi connectivity index (χ2n) is 10.6. The molecular weight excluding hydrogens is 609 g/mol. The van der Waals surface area contributed by atoms with E-state index in [-0.39, 0.29) is 30.6 Å². The number of hydrogen-bond acceptors (Lipinski definition) is 5. The van der Waals surface area contributed by atoms with Gasteiger partial charge in [-0.05, 0) is 55.2 Å². The van der Waals surface area contributed by atoms with E-state index in [1.165, 1.54) is 4.90 Å². The highest BCUT2D eigenvalue weighted by molar-refractivity contribution is 7.92. The Kier molecular flexibility index (Phi) is 11.3. The van der Waals surface area contributed by atoms with Crippen LogP contribution in [-0.4, -0.2) is 56.6 Å². The molecule has 8 nitrogen and oxygen atoms in total. The normalized spacial score (nSPS) is 14.2. The standard InChI is InChI=1S/C32H37Cl2N3O5S/c1-3-42-30-16-10-9-15-28(30)37(43(2,40)41)22-31(38)36(21-24-17-18-26(33)27(34)19-24)29(20-23-11-5-4-6-12-23)32(39)35-25-13-7-8-14-25/h4-6,9-12,15-19,25,29H,3,7-8,13-14,20-22H2,1-2H3,(H,35,39). The number of nitrogens with zero attached hydrogens (tertiary/aromatic N) is 2. The van der Waals surface area contributed by atoms with E-state index in [0.29, 0.717) is 28.0 Å². The molecule has 3 aromatic rings. The first-order chi connectivity index (χ1) is 20.6. The highest BCUT2D eigenvalue weighted by atomic mass is 35.5. The maximum atomic E-state index is 14.3. The number of ether oxygens (including phenoxy) is 1. The molecule has 1 aliphatic rings. The first-order valence-electron chi connectivity index (χ1n) is 14.3. The Morgan fingerprint density at radius 3 is 2.28 bits per heavy atom. The van der Waals surface area contributed by atoms with Crippen molar-refractivity contribution in [1.29, 1.82) is 0 Å². The predicted molar refractivity (Wildman–Crippen MR) is 171 cm³/mol. The molecule has 1 saturated carbocycles. The van der Waals surface area contributed by atoms with E-state index in [1.54, 1.807) is 49.4 Å². The number of para-hydroxylation sites is 2. The van der Waals surface area contributed by atoms with Gasteiger partial charge in [-0.15, -0.1) is 0 Å². The quantitative estimate of drug-likeness (QED) is 0.251. The number of sulfonamides is 1. The largest absolute Gasteiger partial charge is 0.492 e. The summed E-state index contributed by atoms with van der Waals surface area (Å²) < 4.78 is 32.9. The molecule has 230 valence electrons. The van der Waals surface area contributed by atoms with Crippen molar-refractivity contribution in [3.05, 3.63) is 94.0 Å². The maximum absolute atomic E-state index is 14.3. The molecule has 1 fully saturated rings. The zero-order valence-corrected chi connectivity index (χ0v) is 26.7. The van der Waals surface area contributed by atoms with Crippen molar-refractivity contribution in [2.45, 2.75) is 57.7 Å². The summed E-state index contributed by atoms with van der Waals surface area (Å²) in [6.45, 7) is 1.58. The summed E-state index contributed by atoms with van der Waals surface area (Å²) in [6, 6.07) is 20.2. The Labute approximate surface area is 264 Å². The highest BCUT2D eigenvalue weighted by Gasteiger charge is 2.35. The number of rotatable bonds is 13. The van der Waals surface area contributed by atoms with Crippen LogP contribution in [0.1, 0.15) is 43.7 Å². The molecule has 43 heavy (non-hydrogen) atoms. The molecule has 1 atom stereocenters. The molecule has 0 aromatic heterocycles. The second kappa shape index (κ2) is 14.9. The maximum Gasteiger partial charge on any atom is 0.244 e. The fourth-order valence-electron chi connectivity index (χ4n) is 5.29. The van der Waals surface area contributed by atoms with Crippen LogP contribution in [0.15, 0.2) is 72.8 Å². The summed E-state index contributed by atoms with van der Waals surface area (Å²) >= 11 is 12.5. The van der Waals surface area contributed by atoms with E-state index >= 15 is 0 Å². The number of anilines is 1. The van der Waals surface area contributed by atoms with Gasteiger partial charge in [0.1, 0.15) is 18.3 Å². The molecule has 1 aliphatic carbocycles. The van der Waals surface area contributed by atoms with Gasteiger partial charge >= 0.3 is 0 Å². The zero-order valence-electron chi connectivity index (χ0n) is 24.3. The van der Waals surface area contributed by atoms with Crippen LogP contribution in [-0.2, 0) is 32.6 Å². The summed E-state index contributed by atoms with van der Waals surface area (Å²) in [6.07, 6.45) is 5.09. The molecule has 3 aromatic carbocycles. The van der Waals surface area contributed by atoms with E-state index in [9.17, 15) is 18.0 Å². The lowest BCUT2D eigenvalue weighted by molar-refractivity contribution is -0.140. The minimum absolute atomic E-state index is 0.00994. The van der Waals surface area contributed by atoms with Crippen molar-refractivity contribution in [2.24, 2.45) is 0 Å². The number of carbonyl (C=O) groups excluding carboxylic acids is 2. The molecule has 0 saturated heterocycles. The molecule has 0 spiro atoms. The Balaban J connectivity index is 1.76. The number of halogens is 2. The van der Waals surface area contributed by atoms with Crippen molar-refractivity contribution in [3.63, 3.8) is 0 Å². The van der Waals surface area contributed by atoms with Gasteiger partial charge in [0.15, 0.2) is 0 Å². The second-order valence-corrected chi connectivity index (χ2v) is 13.4. The Morgan fingerprint density at radius 2 is 1.63 bits per heavy atom. The van der Waals surface area contributed by atoms with Crippen LogP contribution in [0, 0.1) is 0 Å². The molecule has 1 N–H and O–H groups in total. The zero-order chi connectivity index (χ0) is 31.0. The lowest BCUT2D eigenvalue weighted by atomic mass is 10.0. The van der Waals surface area contributed by atoms with Gasteiger partial charge in [-0.25, -0.2) is 8.42 Å². The average Bonchev–Trinajstić information content (AvgIpc) is 3.49. The molecule has 1 unspecified atom stereocenters. The van der Waals surface area contributed by atoms with Crippen LogP contribution >= 0.6 is 23.2 Å². The van der Waals surface area contributed by atoms with Gasteiger partial charge in [-0.2, -0.15) is 0 Å². The summed E-state index contributed by atoms with van der Waals surface area (Å²) in [5.41, 5.74) is 1.75. The molecule has 0 heterocycles. The van der Waals surface area contributed by atoms with Gasteiger partial charge in [0.2, 0.25) is 21.8 Å². The molecule has 11 heteroatoms. The van der Waals surface area contributed by atoms with Crippen molar-refractivity contribution >= 4 is 50.7 Å². The van der Waals surface area contributed by atoms with Gasteiger partial charge in [0, 0.05) is 19.0 Å². The summed E-state index contributed by atoms with van der Waals surface area (Å²) in [7, 11) is -3.93. The van der Waals surface area contributed by atoms with Gasteiger partial charge in [-0.1, -0.05) is 84.6 Å². The van der Waals surface area contributed by atoms with Crippen molar-refractivity contribution in [1.82, 2.24) is 10.2 Å². The fourth-order valence-corrected chi connectivity index (χ4v) is 6.47. The van der Waals surface area contributed by atoms with Crippen molar-refractivity contribution in [3.8, 4) is 5.75 Å². The third kappa shape index (κ3) is 8.87. The number of amides is 2. The van der Waals surface area contributed by atoms with Gasteiger partial charge in [-0.3, -0.25) is 13.9 Å². The van der Waals surface area contributed by atoms with E-state index in [0.717, 1.165) is 41.8 Å². The number of hydrogen-bond donors (Lipinski definition) is 1. The molecule has 0 bridgehead atoms. The Morgan fingerprint density at radius 1 is 0.953 bits per heavy atom. The third-order valence-electron chi connectivity index (χ3n) is 7.42. The fraction of sp³-hybridized carbons (Fsp3) is 0.375. The van der Waals surface area contributed by atoms with Crippen LogP contribution in [0.5, 0.6) is 5.75 Å². The number of carbonyl (C=O) groups is 2. The minimum Gasteiger partial charge on any atom is -0.492 e. The smallest absolute Gasteiger partial charge is 0.244 e. The van der Waals surface area contributed by atoms with Crippen LogP contribution < -0.4 is 14.4 Å².